The number of nitrogens with zero attached hydrogens (tertiary/aromatic N) is 1. The molecule has 0 saturated heterocycles. The highest BCUT2D eigenvalue weighted by Crippen LogP contribution is 2.43. The molecule has 4 nitrogen and oxygen atoms in total. The average Bonchev–Trinajstić information content (AvgIpc) is 3.06. The topological polar surface area (TPSA) is 59.1 Å². The van der Waals surface area contributed by atoms with Crippen LogP contribution in [-0.4, -0.2) is 27.9 Å². The molecule has 1 N–H and O–H groups in total. The van der Waals surface area contributed by atoms with Gasteiger partial charge in [-0.2, -0.15) is 0 Å². The highest BCUT2D eigenvalue weighted by atomic mass is 32.2. The maximum Gasteiger partial charge on any atom is 0.224 e. The van der Waals surface area contributed by atoms with Crippen molar-refractivity contribution < 1.29 is 9.00 Å². The van der Waals surface area contributed by atoms with Crippen LogP contribution in [-0.2, 0) is 22.0 Å². The third-order valence-corrected chi connectivity index (χ3v) is 6.65. The van der Waals surface area contributed by atoms with E-state index in [0.717, 1.165) is 50.3 Å². The Morgan fingerprint density at radius 1 is 1.03 bits per heavy atom. The minimum absolute atomic E-state index is 0.0223. The second-order valence-corrected chi connectivity index (χ2v) is 9.25. The smallest absolute Gasteiger partial charge is 0.224 e. The third-order valence-electron chi connectivity index (χ3n) is 5.72. The maximum atomic E-state index is 12.7. The fraction of sp³-hybridized carbons (Fsp3) is 0.185. The monoisotopic (exact) mass is 442 g/mol. The molecule has 162 valence electrons. The number of hydrogen-bond donors (Lipinski definition) is 1. The quantitative estimate of drug-likeness (QED) is 0.566. The van der Waals surface area contributed by atoms with Gasteiger partial charge in [-0.15, -0.1) is 0 Å². The molecule has 1 amide bonds. The van der Waals surface area contributed by atoms with Gasteiger partial charge < -0.3 is 5.32 Å². The Morgan fingerprint density at radius 2 is 1.78 bits per heavy atom. The van der Waals surface area contributed by atoms with Gasteiger partial charge in [0.25, 0.3) is 0 Å². The van der Waals surface area contributed by atoms with Gasteiger partial charge in [-0.25, -0.2) is 0 Å². The molecule has 0 bridgehead atoms. The Labute approximate surface area is 191 Å². The van der Waals surface area contributed by atoms with Crippen LogP contribution in [0.5, 0.6) is 0 Å². The van der Waals surface area contributed by atoms with Crippen LogP contribution >= 0.6 is 0 Å². The van der Waals surface area contributed by atoms with E-state index in [9.17, 15) is 9.00 Å². The van der Waals surface area contributed by atoms with Gasteiger partial charge in [0.05, 0.1) is 6.42 Å². The Morgan fingerprint density at radius 3 is 2.47 bits per heavy atom. The van der Waals surface area contributed by atoms with Gasteiger partial charge in [0, 0.05) is 40.9 Å². The Hall–Kier alpha value is -3.31. The van der Waals surface area contributed by atoms with Gasteiger partial charge in [-0.05, 0) is 76.6 Å². The first-order chi connectivity index (χ1) is 15.5. The fourth-order valence-electron chi connectivity index (χ4n) is 4.00. The van der Waals surface area contributed by atoms with E-state index < -0.39 is 10.8 Å². The Bertz CT molecular complexity index is 1210. The van der Waals surface area contributed by atoms with Crippen molar-refractivity contribution in [2.75, 3.05) is 12.8 Å². The number of carbonyl (C=O) groups is 1. The maximum absolute atomic E-state index is 12.7. The summed E-state index contributed by atoms with van der Waals surface area (Å²) in [7, 11) is -0.990. The lowest BCUT2D eigenvalue weighted by Gasteiger charge is -2.08. The van der Waals surface area contributed by atoms with E-state index in [0.29, 0.717) is 13.0 Å². The second kappa shape index (κ2) is 9.88. The van der Waals surface area contributed by atoms with Crippen LogP contribution in [0.1, 0.15) is 35.6 Å². The van der Waals surface area contributed by atoms with E-state index in [1.54, 1.807) is 12.5 Å². The number of nitrogens with one attached hydrogen (secondary N) is 1. The highest BCUT2D eigenvalue weighted by Gasteiger charge is 2.24. The molecule has 5 heteroatoms. The summed E-state index contributed by atoms with van der Waals surface area (Å²) >= 11 is 0. The van der Waals surface area contributed by atoms with Crippen LogP contribution in [0.2, 0.25) is 0 Å². The van der Waals surface area contributed by atoms with Crippen LogP contribution in [0, 0.1) is 0 Å². The van der Waals surface area contributed by atoms with Gasteiger partial charge in [0.15, 0.2) is 0 Å². The number of amides is 1. The van der Waals surface area contributed by atoms with Crippen molar-refractivity contribution in [3.63, 3.8) is 0 Å². The van der Waals surface area contributed by atoms with E-state index in [4.69, 9.17) is 0 Å². The lowest BCUT2D eigenvalue weighted by atomic mass is 10.0. The fourth-order valence-corrected chi connectivity index (χ4v) is 4.52. The molecule has 1 heterocycles. The summed E-state index contributed by atoms with van der Waals surface area (Å²) in [4.78, 5) is 17.6. The summed E-state index contributed by atoms with van der Waals surface area (Å²) in [6, 6.07) is 19.9. The number of hydrogen-bond acceptors (Lipinski definition) is 3. The average molecular weight is 443 g/mol. The van der Waals surface area contributed by atoms with Crippen molar-refractivity contribution in [2.45, 2.75) is 24.7 Å². The standard InChI is InChI=1S/C27H26N2O2S/c1-19-25(16-20-9-11-22(12-10-20)32(2)31)23-7-3-4-8-24(23)26(19)17-27(30)29-15-13-21-6-5-14-28-18-21/h3-12,14,16,18H,13,15,17H2,1-2H3,(H,29,30). The molecular weight excluding hydrogens is 416 g/mol. The first-order valence-corrected chi connectivity index (χ1v) is 12.2. The van der Waals surface area contributed by atoms with Gasteiger partial charge in [-0.1, -0.05) is 42.5 Å². The van der Waals surface area contributed by atoms with E-state index in [1.165, 1.54) is 0 Å². The summed E-state index contributed by atoms with van der Waals surface area (Å²) in [6.45, 7) is 2.67. The summed E-state index contributed by atoms with van der Waals surface area (Å²) in [5.74, 6) is 0.0223. The summed E-state index contributed by atoms with van der Waals surface area (Å²) in [6.07, 6.45) is 8.51. The second-order valence-electron chi connectivity index (χ2n) is 7.87. The molecule has 1 unspecified atom stereocenters. The number of allylic oxidation sites excluding steroid dienone is 2. The van der Waals surface area contributed by atoms with E-state index >= 15 is 0 Å². The minimum atomic E-state index is -0.990. The molecule has 2 aromatic carbocycles. The van der Waals surface area contributed by atoms with E-state index in [-0.39, 0.29) is 5.91 Å². The van der Waals surface area contributed by atoms with Crippen LogP contribution < -0.4 is 5.32 Å². The molecule has 1 aromatic heterocycles. The molecule has 0 fully saturated rings. The molecule has 0 aliphatic heterocycles. The molecule has 4 rings (SSSR count). The number of benzene rings is 2. The van der Waals surface area contributed by atoms with Crippen molar-refractivity contribution in [3.05, 3.63) is 101 Å². The summed E-state index contributed by atoms with van der Waals surface area (Å²) < 4.78 is 11.7. The number of aromatic nitrogens is 1. The first kappa shape index (κ1) is 21.9. The van der Waals surface area contributed by atoms with Crippen LogP contribution in [0.15, 0.2) is 83.5 Å². The Balaban J connectivity index is 1.52. The van der Waals surface area contributed by atoms with Crippen molar-refractivity contribution in [3.8, 4) is 0 Å². The predicted molar refractivity (Wildman–Crippen MR) is 131 cm³/mol. The van der Waals surface area contributed by atoms with Crippen LogP contribution in [0.25, 0.3) is 17.2 Å². The van der Waals surface area contributed by atoms with Gasteiger partial charge >= 0.3 is 0 Å². The molecule has 1 aliphatic rings. The number of fused-ring (bicyclic) bond motifs is 1. The molecule has 0 spiro atoms. The zero-order valence-corrected chi connectivity index (χ0v) is 19.1. The van der Waals surface area contributed by atoms with Crippen molar-refractivity contribution >= 4 is 33.9 Å². The van der Waals surface area contributed by atoms with Crippen LogP contribution in [0.4, 0.5) is 0 Å². The number of rotatable bonds is 7. The van der Waals surface area contributed by atoms with Crippen molar-refractivity contribution in [1.29, 1.82) is 0 Å². The number of carbonyl (C=O) groups excluding carboxylic acids is 1. The first-order valence-electron chi connectivity index (χ1n) is 10.6. The summed E-state index contributed by atoms with van der Waals surface area (Å²) in [5.41, 5.74) is 7.73. The van der Waals surface area contributed by atoms with E-state index in [1.807, 2.05) is 54.7 Å². The van der Waals surface area contributed by atoms with Crippen molar-refractivity contribution in [2.24, 2.45) is 0 Å². The van der Waals surface area contributed by atoms with E-state index in [2.05, 4.69) is 35.4 Å². The zero-order chi connectivity index (χ0) is 22.5. The van der Waals surface area contributed by atoms with Gasteiger partial charge in [0.2, 0.25) is 5.91 Å². The van der Waals surface area contributed by atoms with Gasteiger partial charge in [0.1, 0.15) is 0 Å². The van der Waals surface area contributed by atoms with Crippen LogP contribution in [0.3, 0.4) is 0 Å². The lowest BCUT2D eigenvalue weighted by molar-refractivity contribution is -0.120. The molecule has 1 atom stereocenters. The largest absolute Gasteiger partial charge is 0.355 e. The van der Waals surface area contributed by atoms with Gasteiger partial charge in [-0.3, -0.25) is 14.0 Å². The lowest BCUT2D eigenvalue weighted by Crippen LogP contribution is -2.25. The SMILES string of the molecule is CC1=C(CC(=O)NCCc2cccnc2)c2ccccc2C1=Cc1ccc(S(C)=O)cc1. The zero-order valence-electron chi connectivity index (χ0n) is 18.3. The third kappa shape index (κ3) is 4.94. The molecule has 3 aromatic rings. The molecule has 32 heavy (non-hydrogen) atoms. The summed E-state index contributed by atoms with van der Waals surface area (Å²) in [5, 5.41) is 3.04. The molecule has 0 radical (unpaired) electrons. The number of pyridine rings is 1. The molecule has 0 saturated carbocycles. The molecule has 1 aliphatic carbocycles. The predicted octanol–water partition coefficient (Wildman–Crippen LogP) is 4.90. The minimum Gasteiger partial charge on any atom is -0.355 e. The Kier molecular flexibility index (Phi) is 6.76. The highest BCUT2D eigenvalue weighted by molar-refractivity contribution is 7.84. The normalized spacial score (nSPS) is 15.0. The molecular formula is C27H26N2O2S. The van der Waals surface area contributed by atoms with Crippen molar-refractivity contribution in [1.82, 2.24) is 10.3 Å².